The molecule has 104 valence electrons. The van der Waals surface area contributed by atoms with E-state index in [1.807, 2.05) is 18.2 Å². The van der Waals surface area contributed by atoms with Gasteiger partial charge in [-0.3, -0.25) is 9.59 Å². The number of benzene rings is 1. The molecule has 5 heteroatoms. The number of aliphatic carboxylic acids is 1. The minimum absolute atomic E-state index is 0.214. The van der Waals surface area contributed by atoms with E-state index in [1.165, 1.54) is 7.11 Å². The maximum Gasteiger partial charge on any atom is 0.308 e. The first-order chi connectivity index (χ1) is 9.06. The lowest BCUT2D eigenvalue weighted by molar-refractivity contribution is -0.142. The highest BCUT2D eigenvalue weighted by atomic mass is 16.5. The van der Waals surface area contributed by atoms with Gasteiger partial charge < -0.3 is 15.2 Å². The van der Waals surface area contributed by atoms with Gasteiger partial charge in [0.2, 0.25) is 5.91 Å². The lowest BCUT2D eigenvalue weighted by Crippen LogP contribution is -2.35. The van der Waals surface area contributed by atoms with Gasteiger partial charge in [-0.25, -0.2) is 0 Å². The van der Waals surface area contributed by atoms with E-state index in [0.29, 0.717) is 6.61 Å². The van der Waals surface area contributed by atoms with Gasteiger partial charge in [0.1, 0.15) is 0 Å². The zero-order chi connectivity index (χ0) is 14.3. The molecule has 5 nitrogen and oxygen atoms in total. The fraction of sp³-hybridized carbons (Fsp3) is 0.429. The molecule has 0 saturated heterocycles. The number of hydrogen-bond donors (Lipinski definition) is 2. The molecule has 0 aliphatic rings. The molecule has 1 rings (SSSR count). The Morgan fingerprint density at radius 1 is 1.32 bits per heavy atom. The summed E-state index contributed by atoms with van der Waals surface area (Å²) in [5.41, 5.74) is 0.781. The van der Waals surface area contributed by atoms with Crippen molar-refractivity contribution in [2.75, 3.05) is 13.7 Å². The summed E-state index contributed by atoms with van der Waals surface area (Å²) in [5.74, 6) is -1.86. The summed E-state index contributed by atoms with van der Waals surface area (Å²) in [5, 5.41) is 11.9. The fourth-order valence-corrected chi connectivity index (χ4v) is 1.74. The van der Waals surface area contributed by atoms with Gasteiger partial charge in [-0.1, -0.05) is 30.3 Å². The number of carboxylic acid groups (broad SMARTS) is 1. The number of carbonyl (C=O) groups excluding carboxylic acids is 1. The first-order valence-corrected chi connectivity index (χ1v) is 6.12. The minimum Gasteiger partial charge on any atom is -0.481 e. The Hall–Kier alpha value is -1.88. The van der Waals surface area contributed by atoms with Crippen LogP contribution in [0.5, 0.6) is 0 Å². The Balaban J connectivity index is 2.82. The molecule has 0 aliphatic heterocycles. The van der Waals surface area contributed by atoms with Crippen molar-refractivity contribution in [3.05, 3.63) is 35.9 Å². The van der Waals surface area contributed by atoms with Crippen LogP contribution in [0, 0.1) is 5.92 Å². The van der Waals surface area contributed by atoms with Crippen molar-refractivity contribution in [1.29, 1.82) is 0 Å². The number of rotatable bonds is 7. The zero-order valence-corrected chi connectivity index (χ0v) is 11.1. The number of amides is 1. The Kier molecular flexibility index (Phi) is 6.02. The van der Waals surface area contributed by atoms with Gasteiger partial charge in [0.05, 0.1) is 18.6 Å². The molecule has 2 unspecified atom stereocenters. The molecular weight excluding hydrogens is 246 g/mol. The van der Waals surface area contributed by atoms with Crippen molar-refractivity contribution in [3.63, 3.8) is 0 Å². The van der Waals surface area contributed by atoms with Crippen molar-refractivity contribution < 1.29 is 19.4 Å². The highest BCUT2D eigenvalue weighted by Gasteiger charge is 2.26. The molecule has 1 aromatic carbocycles. The summed E-state index contributed by atoms with van der Waals surface area (Å²) in [4.78, 5) is 22.9. The van der Waals surface area contributed by atoms with E-state index in [-0.39, 0.29) is 12.3 Å². The van der Waals surface area contributed by atoms with E-state index < -0.39 is 17.9 Å². The van der Waals surface area contributed by atoms with Crippen LogP contribution in [0.2, 0.25) is 0 Å². The van der Waals surface area contributed by atoms with E-state index in [2.05, 4.69) is 5.32 Å². The van der Waals surface area contributed by atoms with Crippen LogP contribution >= 0.6 is 0 Å². The standard InChI is InChI=1S/C14H19NO4/c1-10(14(17)18)13(11-6-4-3-5-7-11)15-12(16)8-9-19-2/h3-7,10,13H,8-9H2,1-2H3,(H,15,16)(H,17,18). The normalized spacial score (nSPS) is 13.6. The van der Waals surface area contributed by atoms with Crippen LogP contribution in [-0.4, -0.2) is 30.7 Å². The summed E-state index contributed by atoms with van der Waals surface area (Å²) < 4.78 is 4.83. The maximum atomic E-state index is 11.7. The van der Waals surface area contributed by atoms with E-state index in [4.69, 9.17) is 9.84 Å². The largest absolute Gasteiger partial charge is 0.481 e. The van der Waals surface area contributed by atoms with Gasteiger partial charge in [0, 0.05) is 13.5 Å². The summed E-state index contributed by atoms with van der Waals surface area (Å²) >= 11 is 0. The molecule has 0 spiro atoms. The van der Waals surface area contributed by atoms with Gasteiger partial charge in [0.25, 0.3) is 0 Å². The van der Waals surface area contributed by atoms with E-state index in [0.717, 1.165) is 5.56 Å². The Morgan fingerprint density at radius 3 is 2.47 bits per heavy atom. The smallest absolute Gasteiger partial charge is 0.308 e. The molecule has 0 fully saturated rings. The number of hydrogen-bond acceptors (Lipinski definition) is 3. The Labute approximate surface area is 112 Å². The monoisotopic (exact) mass is 265 g/mol. The van der Waals surface area contributed by atoms with Crippen molar-refractivity contribution in [2.24, 2.45) is 5.92 Å². The van der Waals surface area contributed by atoms with E-state index in [9.17, 15) is 9.59 Å². The summed E-state index contributed by atoms with van der Waals surface area (Å²) in [6.07, 6.45) is 0.214. The van der Waals surface area contributed by atoms with Gasteiger partial charge in [-0.2, -0.15) is 0 Å². The molecule has 0 heterocycles. The molecule has 2 N–H and O–H groups in total. The van der Waals surface area contributed by atoms with Crippen LogP contribution in [0.4, 0.5) is 0 Å². The van der Waals surface area contributed by atoms with Gasteiger partial charge in [-0.15, -0.1) is 0 Å². The SMILES string of the molecule is COCCC(=O)NC(c1ccccc1)C(C)C(=O)O. The fourth-order valence-electron chi connectivity index (χ4n) is 1.74. The number of carbonyl (C=O) groups is 2. The minimum atomic E-state index is -0.944. The Bertz CT molecular complexity index is 419. The second-order valence-electron chi connectivity index (χ2n) is 4.33. The number of methoxy groups -OCH3 is 1. The van der Waals surface area contributed by atoms with E-state index >= 15 is 0 Å². The Morgan fingerprint density at radius 2 is 1.95 bits per heavy atom. The first kappa shape index (κ1) is 15.2. The number of ether oxygens (including phenoxy) is 1. The highest BCUT2D eigenvalue weighted by molar-refractivity contribution is 5.78. The van der Waals surface area contributed by atoms with Crippen LogP contribution in [0.3, 0.4) is 0 Å². The molecule has 0 saturated carbocycles. The third-order valence-electron chi connectivity index (χ3n) is 2.90. The number of nitrogens with one attached hydrogen (secondary N) is 1. The predicted octanol–water partition coefficient (Wildman–Crippen LogP) is 1.60. The van der Waals surface area contributed by atoms with Crippen molar-refractivity contribution in [1.82, 2.24) is 5.32 Å². The van der Waals surface area contributed by atoms with Crippen LogP contribution in [0.25, 0.3) is 0 Å². The zero-order valence-electron chi connectivity index (χ0n) is 11.1. The van der Waals surface area contributed by atoms with Gasteiger partial charge in [0.15, 0.2) is 0 Å². The second kappa shape index (κ2) is 7.53. The topological polar surface area (TPSA) is 75.6 Å². The molecule has 1 amide bonds. The first-order valence-electron chi connectivity index (χ1n) is 6.12. The molecular formula is C14H19NO4. The average Bonchev–Trinajstić information content (AvgIpc) is 2.42. The molecule has 0 aromatic heterocycles. The molecule has 0 bridgehead atoms. The average molecular weight is 265 g/mol. The summed E-state index contributed by atoms with van der Waals surface area (Å²) in [6.45, 7) is 1.89. The van der Waals surface area contributed by atoms with E-state index in [1.54, 1.807) is 19.1 Å². The second-order valence-corrected chi connectivity index (χ2v) is 4.33. The number of carboxylic acids is 1. The molecule has 19 heavy (non-hydrogen) atoms. The van der Waals surface area contributed by atoms with Gasteiger partial charge >= 0.3 is 5.97 Å². The molecule has 1 aromatic rings. The van der Waals surface area contributed by atoms with Crippen LogP contribution < -0.4 is 5.32 Å². The van der Waals surface area contributed by atoms with Crippen molar-refractivity contribution >= 4 is 11.9 Å². The lowest BCUT2D eigenvalue weighted by atomic mass is 9.94. The predicted molar refractivity (Wildman–Crippen MR) is 70.6 cm³/mol. The van der Waals surface area contributed by atoms with Crippen LogP contribution in [0.15, 0.2) is 30.3 Å². The lowest BCUT2D eigenvalue weighted by Gasteiger charge is -2.23. The summed E-state index contributed by atoms with van der Waals surface area (Å²) in [6, 6.07) is 8.55. The summed E-state index contributed by atoms with van der Waals surface area (Å²) in [7, 11) is 1.52. The molecule has 2 atom stereocenters. The molecule has 0 radical (unpaired) electrons. The van der Waals surface area contributed by atoms with Gasteiger partial charge in [-0.05, 0) is 12.5 Å². The van der Waals surface area contributed by atoms with Crippen molar-refractivity contribution in [3.8, 4) is 0 Å². The van der Waals surface area contributed by atoms with Crippen LogP contribution in [-0.2, 0) is 14.3 Å². The molecule has 0 aliphatic carbocycles. The van der Waals surface area contributed by atoms with Crippen molar-refractivity contribution in [2.45, 2.75) is 19.4 Å². The highest BCUT2D eigenvalue weighted by Crippen LogP contribution is 2.22. The third kappa shape index (κ3) is 4.71. The van der Waals surface area contributed by atoms with Crippen LogP contribution in [0.1, 0.15) is 24.9 Å². The maximum absolute atomic E-state index is 11.7. The third-order valence-corrected chi connectivity index (χ3v) is 2.90. The quantitative estimate of drug-likeness (QED) is 0.785.